The molecule has 1 heterocycles. The number of hydrogen-bond donors (Lipinski definition) is 2. The lowest BCUT2D eigenvalue weighted by Crippen LogP contribution is -2.35. The molecule has 0 spiro atoms. The maximum atomic E-state index is 11.5. The highest BCUT2D eigenvalue weighted by molar-refractivity contribution is 5.76. The number of aromatic nitrogens is 1. The van der Waals surface area contributed by atoms with E-state index in [1.54, 1.807) is 6.92 Å². The molecule has 5 nitrogen and oxygen atoms in total. The maximum absolute atomic E-state index is 11.5. The van der Waals surface area contributed by atoms with Crippen LogP contribution in [0.1, 0.15) is 30.4 Å². The molecule has 0 saturated heterocycles. The zero-order chi connectivity index (χ0) is 12.1. The second kappa shape index (κ2) is 5.65. The number of aryl methyl sites for hydroxylation is 2. The van der Waals surface area contributed by atoms with Gasteiger partial charge in [-0.25, -0.2) is 0 Å². The summed E-state index contributed by atoms with van der Waals surface area (Å²) in [5.41, 5.74) is 1.83. The summed E-state index contributed by atoms with van der Waals surface area (Å²) in [5, 5.41) is 15.3. The molecule has 0 saturated carbocycles. The Bertz CT molecular complexity index is 341. The molecule has 1 atom stereocenters. The van der Waals surface area contributed by atoms with Gasteiger partial charge >= 0.3 is 0 Å². The molecule has 0 aliphatic carbocycles. The van der Waals surface area contributed by atoms with Crippen LogP contribution in [0.2, 0.25) is 0 Å². The first-order chi connectivity index (χ1) is 7.54. The van der Waals surface area contributed by atoms with Crippen molar-refractivity contribution in [3.8, 4) is 0 Å². The highest BCUT2D eigenvalue weighted by Gasteiger charge is 2.12. The second-order valence-corrected chi connectivity index (χ2v) is 3.95. The predicted octanol–water partition coefficient (Wildman–Crippen LogP) is 0.721. The van der Waals surface area contributed by atoms with E-state index in [1.165, 1.54) is 0 Å². The van der Waals surface area contributed by atoms with Crippen molar-refractivity contribution in [1.82, 2.24) is 10.5 Å². The van der Waals surface area contributed by atoms with Gasteiger partial charge in [0, 0.05) is 18.0 Å². The first kappa shape index (κ1) is 12.7. The third-order valence-corrected chi connectivity index (χ3v) is 2.46. The molecule has 1 amide bonds. The number of nitrogens with zero attached hydrogens (tertiary/aromatic N) is 1. The van der Waals surface area contributed by atoms with Crippen molar-refractivity contribution in [3.63, 3.8) is 0 Å². The molecule has 1 aromatic heterocycles. The monoisotopic (exact) mass is 226 g/mol. The summed E-state index contributed by atoms with van der Waals surface area (Å²) in [7, 11) is 0. The van der Waals surface area contributed by atoms with Crippen molar-refractivity contribution in [1.29, 1.82) is 0 Å². The third-order valence-electron chi connectivity index (χ3n) is 2.46. The van der Waals surface area contributed by atoms with E-state index in [1.807, 2.05) is 13.8 Å². The summed E-state index contributed by atoms with van der Waals surface area (Å²) in [6.45, 7) is 5.41. The van der Waals surface area contributed by atoms with Crippen LogP contribution in [0.15, 0.2) is 4.52 Å². The molecular weight excluding hydrogens is 208 g/mol. The smallest absolute Gasteiger partial charge is 0.220 e. The van der Waals surface area contributed by atoms with Gasteiger partial charge in [-0.05, 0) is 27.2 Å². The van der Waals surface area contributed by atoms with Crippen LogP contribution in [-0.2, 0) is 11.2 Å². The van der Waals surface area contributed by atoms with E-state index in [0.717, 1.165) is 17.0 Å². The lowest BCUT2D eigenvalue weighted by Gasteiger charge is -2.10. The normalized spacial score (nSPS) is 12.5. The molecule has 0 radical (unpaired) electrons. The molecule has 0 fully saturated rings. The Kier molecular flexibility index (Phi) is 4.49. The number of amides is 1. The van der Waals surface area contributed by atoms with Gasteiger partial charge < -0.3 is 14.9 Å². The molecule has 0 bridgehead atoms. The largest absolute Gasteiger partial charge is 0.394 e. The van der Waals surface area contributed by atoms with Crippen molar-refractivity contribution in [2.75, 3.05) is 6.61 Å². The molecule has 0 aromatic carbocycles. The third kappa shape index (κ3) is 3.34. The molecule has 90 valence electrons. The minimum Gasteiger partial charge on any atom is -0.394 e. The first-order valence-corrected chi connectivity index (χ1v) is 5.36. The number of aliphatic hydroxyl groups is 1. The summed E-state index contributed by atoms with van der Waals surface area (Å²) >= 11 is 0. The zero-order valence-electron chi connectivity index (χ0n) is 9.91. The van der Waals surface area contributed by atoms with Gasteiger partial charge in [0.15, 0.2) is 0 Å². The number of rotatable bonds is 5. The van der Waals surface area contributed by atoms with E-state index in [4.69, 9.17) is 9.63 Å². The lowest BCUT2D eigenvalue weighted by atomic mass is 10.1. The Balaban J connectivity index is 2.43. The summed E-state index contributed by atoms with van der Waals surface area (Å²) in [6, 6.07) is -0.197. The molecule has 1 aromatic rings. The zero-order valence-corrected chi connectivity index (χ0v) is 9.91. The van der Waals surface area contributed by atoms with Crippen LogP contribution >= 0.6 is 0 Å². The van der Waals surface area contributed by atoms with Crippen molar-refractivity contribution in [3.05, 3.63) is 17.0 Å². The number of carbonyl (C=O) groups excluding carboxylic acids is 1. The van der Waals surface area contributed by atoms with E-state index in [-0.39, 0.29) is 18.6 Å². The molecule has 2 N–H and O–H groups in total. The maximum Gasteiger partial charge on any atom is 0.220 e. The van der Waals surface area contributed by atoms with Crippen LogP contribution < -0.4 is 5.32 Å². The molecular formula is C11H18N2O3. The minimum atomic E-state index is -0.197. The van der Waals surface area contributed by atoms with Crippen LogP contribution in [0.3, 0.4) is 0 Å². The van der Waals surface area contributed by atoms with Gasteiger partial charge in [0.1, 0.15) is 5.76 Å². The topological polar surface area (TPSA) is 75.4 Å². The van der Waals surface area contributed by atoms with Gasteiger partial charge in [0.2, 0.25) is 5.91 Å². The van der Waals surface area contributed by atoms with E-state index in [9.17, 15) is 4.79 Å². The van der Waals surface area contributed by atoms with E-state index >= 15 is 0 Å². The Hall–Kier alpha value is -1.36. The van der Waals surface area contributed by atoms with Crippen LogP contribution in [0, 0.1) is 13.8 Å². The number of carbonyl (C=O) groups is 1. The van der Waals surface area contributed by atoms with Crippen LogP contribution in [0.4, 0.5) is 0 Å². The molecule has 0 unspecified atom stereocenters. The highest BCUT2D eigenvalue weighted by atomic mass is 16.5. The van der Waals surface area contributed by atoms with E-state index in [0.29, 0.717) is 12.8 Å². The first-order valence-electron chi connectivity index (χ1n) is 5.36. The predicted molar refractivity (Wildman–Crippen MR) is 59.0 cm³/mol. The fraction of sp³-hybridized carbons (Fsp3) is 0.636. The summed E-state index contributed by atoms with van der Waals surface area (Å²) in [4.78, 5) is 11.5. The van der Waals surface area contributed by atoms with Gasteiger partial charge in [-0.15, -0.1) is 0 Å². The van der Waals surface area contributed by atoms with Crippen molar-refractivity contribution in [2.24, 2.45) is 0 Å². The van der Waals surface area contributed by atoms with Crippen molar-refractivity contribution < 1.29 is 14.4 Å². The average molecular weight is 226 g/mol. The lowest BCUT2D eigenvalue weighted by molar-refractivity contribution is -0.121. The van der Waals surface area contributed by atoms with Crippen molar-refractivity contribution in [2.45, 2.75) is 39.7 Å². The Morgan fingerprint density at radius 1 is 1.56 bits per heavy atom. The molecule has 1 rings (SSSR count). The quantitative estimate of drug-likeness (QED) is 0.775. The van der Waals surface area contributed by atoms with Crippen LogP contribution in [0.5, 0.6) is 0 Å². The van der Waals surface area contributed by atoms with E-state index < -0.39 is 0 Å². The van der Waals surface area contributed by atoms with Crippen LogP contribution in [0.25, 0.3) is 0 Å². The van der Waals surface area contributed by atoms with Gasteiger partial charge in [-0.2, -0.15) is 0 Å². The average Bonchev–Trinajstić information content (AvgIpc) is 2.56. The molecule has 5 heteroatoms. The van der Waals surface area contributed by atoms with Gasteiger partial charge in [-0.1, -0.05) is 5.16 Å². The highest BCUT2D eigenvalue weighted by Crippen LogP contribution is 2.14. The summed E-state index contributed by atoms with van der Waals surface area (Å²) in [5.74, 6) is 0.696. The summed E-state index contributed by atoms with van der Waals surface area (Å²) in [6.07, 6.45) is 0.998. The summed E-state index contributed by atoms with van der Waals surface area (Å²) < 4.78 is 5.01. The molecule has 0 aliphatic heterocycles. The standard InChI is InChI=1S/C11H18N2O3/c1-7(6-14)12-11(15)5-4-10-8(2)13-16-9(10)3/h7,14H,4-6H2,1-3H3,(H,12,15)/t7-/m0/s1. The van der Waals surface area contributed by atoms with Gasteiger partial charge in [-0.3, -0.25) is 4.79 Å². The van der Waals surface area contributed by atoms with E-state index in [2.05, 4.69) is 10.5 Å². The SMILES string of the molecule is Cc1noc(C)c1CCC(=O)N[C@@H](C)CO. The Labute approximate surface area is 94.8 Å². The number of nitrogens with one attached hydrogen (secondary N) is 1. The molecule has 16 heavy (non-hydrogen) atoms. The van der Waals surface area contributed by atoms with Crippen molar-refractivity contribution >= 4 is 5.91 Å². The fourth-order valence-corrected chi connectivity index (χ4v) is 1.49. The Morgan fingerprint density at radius 3 is 2.75 bits per heavy atom. The van der Waals surface area contributed by atoms with Gasteiger partial charge in [0.05, 0.1) is 12.3 Å². The molecule has 0 aliphatic rings. The minimum absolute atomic E-state index is 0.0446. The Morgan fingerprint density at radius 2 is 2.25 bits per heavy atom. The van der Waals surface area contributed by atoms with Gasteiger partial charge in [0.25, 0.3) is 0 Å². The second-order valence-electron chi connectivity index (χ2n) is 3.95. The number of aliphatic hydroxyl groups excluding tert-OH is 1. The van der Waals surface area contributed by atoms with Crippen LogP contribution in [-0.4, -0.2) is 28.8 Å². The number of hydrogen-bond acceptors (Lipinski definition) is 4. The fourth-order valence-electron chi connectivity index (χ4n) is 1.49.